The highest BCUT2D eigenvalue weighted by atomic mass is 32.1. The predicted molar refractivity (Wildman–Crippen MR) is 110 cm³/mol. The lowest BCUT2D eigenvalue weighted by molar-refractivity contribution is -0.121. The van der Waals surface area contributed by atoms with Crippen molar-refractivity contribution in [1.82, 2.24) is 25.0 Å². The molecule has 1 aromatic carbocycles. The SMILES string of the molecule is Cc1ccc(-c2n[nH]c(=S)n2CC(=O)NCCCN2CCCCCC2)cc1. The first-order valence-corrected chi connectivity index (χ1v) is 10.3. The Balaban J connectivity index is 1.50. The van der Waals surface area contributed by atoms with Gasteiger partial charge in [0.15, 0.2) is 10.6 Å². The van der Waals surface area contributed by atoms with E-state index in [9.17, 15) is 4.79 Å². The molecule has 0 saturated carbocycles. The van der Waals surface area contributed by atoms with Crippen LogP contribution < -0.4 is 5.32 Å². The first-order valence-electron chi connectivity index (χ1n) is 9.85. The molecule has 2 heterocycles. The summed E-state index contributed by atoms with van der Waals surface area (Å²) in [6.07, 6.45) is 6.27. The first kappa shape index (κ1) is 19.8. The van der Waals surface area contributed by atoms with Crippen molar-refractivity contribution in [2.75, 3.05) is 26.2 Å². The number of hydrogen-bond acceptors (Lipinski definition) is 4. The van der Waals surface area contributed by atoms with E-state index in [4.69, 9.17) is 12.2 Å². The van der Waals surface area contributed by atoms with Crippen molar-refractivity contribution in [1.29, 1.82) is 0 Å². The van der Waals surface area contributed by atoms with Gasteiger partial charge in [-0.1, -0.05) is 42.7 Å². The summed E-state index contributed by atoms with van der Waals surface area (Å²) in [5, 5.41) is 10.1. The molecule has 0 aliphatic carbocycles. The lowest BCUT2D eigenvalue weighted by Crippen LogP contribution is -2.32. The summed E-state index contributed by atoms with van der Waals surface area (Å²) >= 11 is 5.31. The Morgan fingerprint density at radius 2 is 1.89 bits per heavy atom. The van der Waals surface area contributed by atoms with E-state index in [1.54, 1.807) is 4.57 Å². The van der Waals surface area contributed by atoms with Crippen LogP contribution in [0.2, 0.25) is 0 Å². The number of hydrogen-bond donors (Lipinski definition) is 2. The molecule has 0 spiro atoms. The molecule has 27 heavy (non-hydrogen) atoms. The lowest BCUT2D eigenvalue weighted by atomic mass is 10.1. The molecule has 0 unspecified atom stereocenters. The molecule has 1 amide bonds. The van der Waals surface area contributed by atoms with Crippen molar-refractivity contribution in [3.05, 3.63) is 34.6 Å². The number of amides is 1. The fraction of sp³-hybridized carbons (Fsp3) is 0.550. The number of rotatable bonds is 7. The molecule has 0 bridgehead atoms. The number of carbonyl (C=O) groups is 1. The quantitative estimate of drug-likeness (QED) is 0.565. The summed E-state index contributed by atoms with van der Waals surface area (Å²) in [4.78, 5) is 14.9. The van der Waals surface area contributed by atoms with Gasteiger partial charge in [0.05, 0.1) is 0 Å². The summed E-state index contributed by atoms with van der Waals surface area (Å²) in [6.45, 7) is 6.36. The van der Waals surface area contributed by atoms with Gasteiger partial charge in [-0.15, -0.1) is 0 Å². The van der Waals surface area contributed by atoms with Crippen molar-refractivity contribution < 1.29 is 4.79 Å². The monoisotopic (exact) mass is 387 g/mol. The van der Waals surface area contributed by atoms with Crippen molar-refractivity contribution in [2.45, 2.75) is 45.6 Å². The Morgan fingerprint density at radius 1 is 1.19 bits per heavy atom. The Bertz CT molecular complexity index is 787. The second-order valence-electron chi connectivity index (χ2n) is 7.26. The van der Waals surface area contributed by atoms with Crippen molar-refractivity contribution >= 4 is 18.1 Å². The van der Waals surface area contributed by atoms with Gasteiger partial charge in [0.25, 0.3) is 0 Å². The van der Waals surface area contributed by atoms with E-state index in [1.165, 1.54) is 44.3 Å². The third-order valence-corrected chi connectivity index (χ3v) is 5.35. The van der Waals surface area contributed by atoms with Gasteiger partial charge in [-0.05, 0) is 58.0 Å². The molecule has 0 atom stereocenters. The van der Waals surface area contributed by atoms with Crippen molar-refractivity contribution in [3.63, 3.8) is 0 Å². The topological polar surface area (TPSA) is 66.0 Å². The van der Waals surface area contributed by atoms with Crippen LogP contribution in [0, 0.1) is 11.7 Å². The molecule has 3 rings (SSSR count). The second-order valence-corrected chi connectivity index (χ2v) is 7.65. The van der Waals surface area contributed by atoms with E-state index in [-0.39, 0.29) is 12.5 Å². The maximum atomic E-state index is 12.4. The van der Waals surface area contributed by atoms with Gasteiger partial charge in [0.1, 0.15) is 6.54 Å². The van der Waals surface area contributed by atoms with Crippen LogP contribution in [0.15, 0.2) is 24.3 Å². The maximum Gasteiger partial charge on any atom is 0.240 e. The highest BCUT2D eigenvalue weighted by Gasteiger charge is 2.13. The molecule has 2 aromatic rings. The minimum atomic E-state index is -0.0308. The van der Waals surface area contributed by atoms with Crippen LogP contribution in [0.4, 0.5) is 0 Å². The van der Waals surface area contributed by atoms with Crippen molar-refractivity contribution in [3.8, 4) is 11.4 Å². The molecule has 6 nitrogen and oxygen atoms in total. The van der Waals surface area contributed by atoms with Crippen LogP contribution in [-0.2, 0) is 11.3 Å². The number of H-pyrrole nitrogens is 1. The number of benzene rings is 1. The number of aromatic amines is 1. The van der Waals surface area contributed by atoms with E-state index in [0.29, 0.717) is 17.1 Å². The van der Waals surface area contributed by atoms with Gasteiger partial charge in [0.2, 0.25) is 5.91 Å². The van der Waals surface area contributed by atoms with Crippen LogP contribution in [0.25, 0.3) is 11.4 Å². The summed E-state index contributed by atoms with van der Waals surface area (Å²) < 4.78 is 2.22. The minimum absolute atomic E-state index is 0.0308. The van der Waals surface area contributed by atoms with E-state index >= 15 is 0 Å². The van der Waals surface area contributed by atoms with E-state index in [0.717, 1.165) is 18.5 Å². The Hall–Kier alpha value is -1.99. The van der Waals surface area contributed by atoms with Gasteiger partial charge in [-0.2, -0.15) is 5.10 Å². The number of nitrogens with one attached hydrogen (secondary N) is 2. The Morgan fingerprint density at radius 3 is 2.59 bits per heavy atom. The van der Waals surface area contributed by atoms with Gasteiger partial charge < -0.3 is 10.2 Å². The van der Waals surface area contributed by atoms with Crippen LogP contribution in [0.5, 0.6) is 0 Å². The third kappa shape index (κ3) is 5.74. The zero-order chi connectivity index (χ0) is 19.1. The molecule has 1 aliphatic heterocycles. The van der Waals surface area contributed by atoms with Gasteiger partial charge in [-0.25, -0.2) is 0 Å². The summed E-state index contributed by atoms with van der Waals surface area (Å²) in [5.41, 5.74) is 2.13. The number of carbonyl (C=O) groups excluding carboxylic acids is 1. The van der Waals surface area contributed by atoms with Crippen LogP contribution in [-0.4, -0.2) is 51.8 Å². The lowest BCUT2D eigenvalue weighted by Gasteiger charge is -2.19. The third-order valence-electron chi connectivity index (χ3n) is 5.04. The molecule has 1 aliphatic rings. The van der Waals surface area contributed by atoms with Crippen molar-refractivity contribution in [2.24, 2.45) is 0 Å². The molecule has 7 heteroatoms. The second kappa shape index (κ2) is 9.80. The standard InChI is InChI=1S/C20H29N5OS/c1-16-7-9-17(10-8-16)19-22-23-20(27)25(19)15-18(26)21-11-6-14-24-12-4-2-3-5-13-24/h7-10H,2-6,11-15H2,1H3,(H,21,26)(H,23,27). The average molecular weight is 388 g/mol. The van der Waals surface area contributed by atoms with Crippen LogP contribution in [0.3, 0.4) is 0 Å². The van der Waals surface area contributed by atoms with Gasteiger partial charge in [0, 0.05) is 12.1 Å². The molecule has 0 radical (unpaired) electrons. The molecule has 1 saturated heterocycles. The molecular formula is C20H29N5OS. The largest absolute Gasteiger partial charge is 0.355 e. The molecule has 146 valence electrons. The highest BCUT2D eigenvalue weighted by molar-refractivity contribution is 7.71. The fourth-order valence-corrected chi connectivity index (χ4v) is 3.67. The summed E-state index contributed by atoms with van der Waals surface area (Å²) in [7, 11) is 0. The van der Waals surface area contributed by atoms with E-state index in [2.05, 4.69) is 20.4 Å². The minimum Gasteiger partial charge on any atom is -0.355 e. The number of aromatic nitrogens is 3. The average Bonchev–Trinajstić information content (AvgIpc) is 2.86. The van der Waals surface area contributed by atoms with Gasteiger partial charge in [-0.3, -0.25) is 14.5 Å². The van der Waals surface area contributed by atoms with Crippen LogP contribution in [0.1, 0.15) is 37.7 Å². The zero-order valence-electron chi connectivity index (χ0n) is 16.0. The zero-order valence-corrected chi connectivity index (χ0v) is 16.9. The highest BCUT2D eigenvalue weighted by Crippen LogP contribution is 2.17. The summed E-state index contributed by atoms with van der Waals surface area (Å²) in [6, 6.07) is 8.05. The normalized spacial score (nSPS) is 15.4. The first-order chi connectivity index (χ1) is 13.1. The molecule has 1 aromatic heterocycles. The number of likely N-dealkylation sites (tertiary alicyclic amines) is 1. The predicted octanol–water partition coefficient (Wildman–Crippen LogP) is 3.30. The maximum absolute atomic E-state index is 12.4. The smallest absolute Gasteiger partial charge is 0.240 e. The Kier molecular flexibility index (Phi) is 7.18. The van der Waals surface area contributed by atoms with Crippen LogP contribution >= 0.6 is 12.2 Å². The fourth-order valence-electron chi connectivity index (χ4n) is 3.48. The van der Waals surface area contributed by atoms with E-state index in [1.807, 2.05) is 31.2 Å². The molecular weight excluding hydrogens is 358 g/mol. The Labute approximate surface area is 166 Å². The summed E-state index contributed by atoms with van der Waals surface area (Å²) in [5.74, 6) is 0.663. The number of nitrogens with zero attached hydrogens (tertiary/aromatic N) is 3. The number of aryl methyl sites for hydroxylation is 1. The van der Waals surface area contributed by atoms with Gasteiger partial charge >= 0.3 is 0 Å². The molecule has 2 N–H and O–H groups in total. The van der Waals surface area contributed by atoms with E-state index < -0.39 is 0 Å². The molecule has 1 fully saturated rings.